The molecule has 0 aromatic carbocycles. The summed E-state index contributed by atoms with van der Waals surface area (Å²) in [6.45, 7) is 29.4. The Hall–Kier alpha value is -0.370. The van der Waals surface area contributed by atoms with Crippen molar-refractivity contribution in [1.82, 2.24) is 4.90 Å². The Labute approximate surface area is 183 Å². The van der Waals surface area contributed by atoms with Gasteiger partial charge in [0.05, 0.1) is 0 Å². The largest absolute Gasteiger partial charge is 0.299 e. The van der Waals surface area contributed by atoms with Gasteiger partial charge in [0.25, 0.3) is 0 Å². The highest BCUT2D eigenvalue weighted by atomic mass is 16.1. The Morgan fingerprint density at radius 1 is 0.862 bits per heavy atom. The molecule has 2 atom stereocenters. The van der Waals surface area contributed by atoms with Crippen LogP contribution < -0.4 is 0 Å². The van der Waals surface area contributed by atoms with Gasteiger partial charge in [-0.3, -0.25) is 9.69 Å². The van der Waals surface area contributed by atoms with Gasteiger partial charge >= 0.3 is 0 Å². The summed E-state index contributed by atoms with van der Waals surface area (Å²) in [5.74, 6) is 0.867. The third kappa shape index (κ3) is 6.81. The van der Waals surface area contributed by atoms with Gasteiger partial charge < -0.3 is 0 Å². The van der Waals surface area contributed by atoms with Gasteiger partial charge in [0.1, 0.15) is 5.78 Å². The highest BCUT2D eigenvalue weighted by Crippen LogP contribution is 2.50. The van der Waals surface area contributed by atoms with E-state index in [0.29, 0.717) is 11.8 Å². The summed E-state index contributed by atoms with van der Waals surface area (Å²) in [5, 5.41) is 0. The molecule has 1 aliphatic heterocycles. The molecule has 0 aromatic heterocycles. The van der Waals surface area contributed by atoms with E-state index < -0.39 is 0 Å². The van der Waals surface area contributed by atoms with Gasteiger partial charge in [-0.2, -0.15) is 0 Å². The van der Waals surface area contributed by atoms with Crippen molar-refractivity contribution < 1.29 is 4.79 Å². The maximum absolute atomic E-state index is 13.8. The predicted molar refractivity (Wildman–Crippen MR) is 128 cm³/mol. The van der Waals surface area contributed by atoms with E-state index in [-0.39, 0.29) is 33.6 Å². The van der Waals surface area contributed by atoms with Crippen LogP contribution in [0.25, 0.3) is 0 Å². The molecule has 1 heterocycles. The van der Waals surface area contributed by atoms with E-state index >= 15 is 0 Å². The minimum atomic E-state index is -0.00631. The third-order valence-corrected chi connectivity index (χ3v) is 7.78. The van der Waals surface area contributed by atoms with Crippen molar-refractivity contribution in [2.24, 2.45) is 28.1 Å². The van der Waals surface area contributed by atoms with Crippen molar-refractivity contribution in [3.8, 4) is 0 Å². The van der Waals surface area contributed by atoms with Gasteiger partial charge in [-0.05, 0) is 75.5 Å². The summed E-state index contributed by atoms with van der Waals surface area (Å²) in [6, 6.07) is 0.552. The molecular weight excluding hydrogens is 354 g/mol. The highest BCUT2D eigenvalue weighted by Gasteiger charge is 2.48. The van der Waals surface area contributed by atoms with Gasteiger partial charge in [-0.25, -0.2) is 0 Å². The highest BCUT2D eigenvalue weighted by molar-refractivity contribution is 5.84. The van der Waals surface area contributed by atoms with Crippen LogP contribution in [0.3, 0.4) is 0 Å². The fourth-order valence-corrected chi connectivity index (χ4v) is 6.70. The SMILES string of the molecule is CCC(CC)C(=O)C1CC(C)(C)CC(C)(C)CN(C(C)CC)C(C)(C)CC1(C)C. The number of Topliss-reactive ketones (excluding diaryl/α,β-unsaturated/α-hetero) is 1. The minimum absolute atomic E-state index is 0.00631. The van der Waals surface area contributed by atoms with Gasteiger partial charge in [-0.1, -0.05) is 62.3 Å². The summed E-state index contributed by atoms with van der Waals surface area (Å²) in [4.78, 5) is 16.5. The van der Waals surface area contributed by atoms with E-state index in [2.05, 4.69) is 88.0 Å². The summed E-state index contributed by atoms with van der Waals surface area (Å²) >= 11 is 0. The monoisotopic (exact) mass is 407 g/mol. The molecule has 0 aromatic rings. The molecule has 0 spiro atoms. The first-order valence-corrected chi connectivity index (χ1v) is 12.3. The first-order valence-electron chi connectivity index (χ1n) is 12.3. The van der Waals surface area contributed by atoms with E-state index in [1.165, 1.54) is 6.42 Å². The molecule has 1 aliphatic rings. The Bertz CT molecular complexity index is 539. The fourth-order valence-electron chi connectivity index (χ4n) is 6.70. The zero-order chi connectivity index (χ0) is 22.8. The van der Waals surface area contributed by atoms with Crippen LogP contribution in [-0.2, 0) is 4.79 Å². The average Bonchev–Trinajstić information content (AvgIpc) is 2.55. The molecule has 0 radical (unpaired) electrons. The van der Waals surface area contributed by atoms with E-state index in [9.17, 15) is 4.79 Å². The lowest BCUT2D eigenvalue weighted by Crippen LogP contribution is -2.56. The minimum Gasteiger partial charge on any atom is -0.299 e. The first-order chi connectivity index (χ1) is 13.0. The smallest absolute Gasteiger partial charge is 0.139 e. The standard InChI is InChI=1S/C27H53NO/c1-13-20(4)28-19-25(7,8)17-24(5,6)16-22(23(29)21(14-2)15-3)26(9,10)18-27(28,11)12/h20-22H,13-19H2,1-12H3. The molecule has 2 unspecified atom stereocenters. The van der Waals surface area contributed by atoms with Crippen LogP contribution in [-0.4, -0.2) is 28.8 Å². The summed E-state index contributed by atoms with van der Waals surface area (Å²) < 4.78 is 0. The third-order valence-electron chi connectivity index (χ3n) is 7.78. The topological polar surface area (TPSA) is 20.3 Å². The zero-order valence-corrected chi connectivity index (χ0v) is 22.0. The molecule has 29 heavy (non-hydrogen) atoms. The summed E-state index contributed by atoms with van der Waals surface area (Å²) in [6.07, 6.45) is 6.34. The molecular formula is C27H53NO. The normalized spacial score (nSPS) is 28.1. The molecule has 0 bridgehead atoms. The molecule has 0 saturated carbocycles. The van der Waals surface area contributed by atoms with E-state index in [0.717, 1.165) is 38.6 Å². The number of nitrogens with zero attached hydrogens (tertiary/aromatic N) is 1. The molecule has 0 aliphatic carbocycles. The second-order valence-electron chi connectivity index (χ2n) is 13.0. The van der Waals surface area contributed by atoms with Crippen LogP contribution >= 0.6 is 0 Å². The quantitative estimate of drug-likeness (QED) is 0.448. The van der Waals surface area contributed by atoms with Gasteiger partial charge in [0, 0.05) is 30.0 Å². The molecule has 2 heteroatoms. The van der Waals surface area contributed by atoms with Crippen molar-refractivity contribution in [3.05, 3.63) is 0 Å². The van der Waals surface area contributed by atoms with Gasteiger partial charge in [-0.15, -0.1) is 0 Å². The van der Waals surface area contributed by atoms with Gasteiger partial charge in [0.2, 0.25) is 0 Å². The maximum atomic E-state index is 13.8. The van der Waals surface area contributed by atoms with E-state index in [4.69, 9.17) is 0 Å². The van der Waals surface area contributed by atoms with Crippen LogP contribution in [0.2, 0.25) is 0 Å². The maximum Gasteiger partial charge on any atom is 0.139 e. The first kappa shape index (κ1) is 26.7. The average molecular weight is 408 g/mol. The Balaban J connectivity index is 3.51. The Kier molecular flexibility index (Phi) is 8.65. The van der Waals surface area contributed by atoms with E-state index in [1.807, 2.05) is 0 Å². The van der Waals surface area contributed by atoms with E-state index in [1.54, 1.807) is 0 Å². The lowest BCUT2D eigenvalue weighted by Gasteiger charge is -2.53. The van der Waals surface area contributed by atoms with Crippen molar-refractivity contribution >= 4 is 5.78 Å². The summed E-state index contributed by atoms with van der Waals surface area (Å²) in [5.41, 5.74) is 0.460. The second kappa shape index (κ2) is 9.41. The molecule has 172 valence electrons. The lowest BCUT2D eigenvalue weighted by molar-refractivity contribution is -0.135. The Morgan fingerprint density at radius 2 is 1.38 bits per heavy atom. The van der Waals surface area contributed by atoms with Crippen LogP contribution in [0, 0.1) is 28.1 Å². The molecule has 1 rings (SSSR count). The van der Waals surface area contributed by atoms with Crippen LogP contribution in [0.1, 0.15) is 122 Å². The van der Waals surface area contributed by atoms with Crippen molar-refractivity contribution in [3.63, 3.8) is 0 Å². The van der Waals surface area contributed by atoms with Crippen LogP contribution in [0.15, 0.2) is 0 Å². The molecule has 0 N–H and O–H groups in total. The number of carbonyl (C=O) groups excluding carboxylic acids is 1. The number of hydrogen-bond donors (Lipinski definition) is 0. The van der Waals surface area contributed by atoms with Gasteiger partial charge in [0.15, 0.2) is 0 Å². The molecule has 0 amide bonds. The lowest BCUT2D eigenvalue weighted by atomic mass is 9.59. The summed E-state index contributed by atoms with van der Waals surface area (Å²) in [7, 11) is 0. The number of carbonyl (C=O) groups is 1. The molecule has 2 nitrogen and oxygen atoms in total. The van der Waals surface area contributed by atoms with Crippen molar-refractivity contribution in [2.45, 2.75) is 133 Å². The predicted octanol–water partition coefficient (Wildman–Crippen LogP) is 7.75. The zero-order valence-electron chi connectivity index (χ0n) is 22.0. The second-order valence-corrected chi connectivity index (χ2v) is 13.0. The number of rotatable bonds is 6. The number of hydrogen-bond acceptors (Lipinski definition) is 2. The van der Waals surface area contributed by atoms with Crippen LogP contribution in [0.4, 0.5) is 0 Å². The fraction of sp³-hybridized carbons (Fsp3) is 0.963. The van der Waals surface area contributed by atoms with Crippen molar-refractivity contribution in [1.29, 1.82) is 0 Å². The molecule has 1 saturated heterocycles. The Morgan fingerprint density at radius 3 is 1.83 bits per heavy atom. The molecule has 1 fully saturated rings. The van der Waals surface area contributed by atoms with Crippen LogP contribution in [0.5, 0.6) is 0 Å². The van der Waals surface area contributed by atoms with Crippen molar-refractivity contribution in [2.75, 3.05) is 6.54 Å². The number of ketones is 1.